The molecule has 16 heteroatoms. The summed E-state index contributed by atoms with van der Waals surface area (Å²) in [4.78, 5) is 21.2. The minimum Gasteiger partial charge on any atom is -0.497 e. The molecule has 38 heavy (non-hydrogen) atoms. The number of nitrogens with two attached hydrogens (primary N) is 1. The Labute approximate surface area is 219 Å². The van der Waals surface area contributed by atoms with Crippen molar-refractivity contribution in [3.05, 3.63) is 63.5 Å². The zero-order valence-corrected chi connectivity index (χ0v) is 21.7. The summed E-state index contributed by atoms with van der Waals surface area (Å²) >= 11 is 0.861. The van der Waals surface area contributed by atoms with Gasteiger partial charge in [0.2, 0.25) is 0 Å². The summed E-state index contributed by atoms with van der Waals surface area (Å²) in [6.07, 6.45) is -4.10. The Bertz CT molecular complexity index is 1280. The molecule has 206 valence electrons. The van der Waals surface area contributed by atoms with Gasteiger partial charge in [-0.1, -0.05) is 23.5 Å². The number of methoxy groups -OCH3 is 1. The first-order valence-corrected chi connectivity index (χ1v) is 13.3. The molecule has 0 aliphatic rings. The molecule has 3 aromatic rings. The third-order valence-corrected chi connectivity index (χ3v) is 6.77. The molecule has 0 radical (unpaired) electrons. The van der Waals surface area contributed by atoms with Crippen LogP contribution in [0.15, 0.2) is 47.4 Å². The molecule has 0 spiro atoms. The average Bonchev–Trinajstić information content (AvgIpc) is 3.39. The van der Waals surface area contributed by atoms with Crippen molar-refractivity contribution >= 4 is 19.1 Å². The minimum atomic E-state index is -4.71. The average molecular weight is 576 g/mol. The Kier molecular flexibility index (Phi) is 10.3. The molecule has 2 aromatic carbocycles. The number of aromatic nitrogens is 2. The Morgan fingerprint density at radius 1 is 1.16 bits per heavy atom. The molecular formula is C22H24F3N4O7PS. The van der Waals surface area contributed by atoms with Crippen LogP contribution in [0.25, 0.3) is 10.6 Å². The van der Waals surface area contributed by atoms with Crippen LogP contribution in [0.3, 0.4) is 0 Å². The van der Waals surface area contributed by atoms with Gasteiger partial charge in [0.1, 0.15) is 28.1 Å². The monoisotopic (exact) mass is 576 g/mol. The maximum absolute atomic E-state index is 13.7. The fraction of sp³-hybridized carbons (Fsp3) is 0.364. The van der Waals surface area contributed by atoms with Crippen LogP contribution in [0.2, 0.25) is 0 Å². The number of rotatable bonds is 14. The van der Waals surface area contributed by atoms with Gasteiger partial charge in [-0.2, -0.15) is 13.2 Å². The van der Waals surface area contributed by atoms with Crippen LogP contribution in [0.1, 0.15) is 22.2 Å². The zero-order chi connectivity index (χ0) is 27.8. The van der Waals surface area contributed by atoms with Crippen molar-refractivity contribution in [3.8, 4) is 22.1 Å². The molecule has 0 amide bonds. The number of hydrogen-bond donors (Lipinski definition) is 2. The fourth-order valence-electron chi connectivity index (χ4n) is 3.11. The minimum absolute atomic E-state index is 0.0864. The number of ether oxygens (including phenoxy) is 3. The van der Waals surface area contributed by atoms with Gasteiger partial charge >= 0.3 is 13.9 Å². The van der Waals surface area contributed by atoms with Crippen molar-refractivity contribution in [2.75, 3.05) is 33.5 Å². The first-order chi connectivity index (χ1) is 18.0. The maximum atomic E-state index is 13.7. The lowest BCUT2D eigenvalue weighted by molar-refractivity contribution is -0.139. The van der Waals surface area contributed by atoms with E-state index in [1.807, 2.05) is 29.2 Å². The second-order valence-corrected chi connectivity index (χ2v) is 10.1. The van der Waals surface area contributed by atoms with Crippen molar-refractivity contribution in [1.29, 1.82) is 0 Å². The lowest BCUT2D eigenvalue weighted by Crippen LogP contribution is -2.16. The summed E-state index contributed by atoms with van der Waals surface area (Å²) in [5.41, 5.74) is 5.90. The van der Waals surface area contributed by atoms with E-state index < -0.39 is 32.1 Å². The molecule has 3 N–H and O–H groups in total. The van der Waals surface area contributed by atoms with Crippen LogP contribution in [-0.4, -0.2) is 48.6 Å². The van der Waals surface area contributed by atoms with Crippen LogP contribution in [0.4, 0.5) is 13.2 Å². The summed E-state index contributed by atoms with van der Waals surface area (Å²) in [6, 6.07) is 9.85. The van der Waals surface area contributed by atoms with E-state index in [4.69, 9.17) is 24.8 Å². The second-order valence-electron chi connectivity index (χ2n) is 7.69. The van der Waals surface area contributed by atoms with E-state index >= 15 is 0 Å². The number of hydrogen-bond acceptors (Lipinski definition) is 10. The van der Waals surface area contributed by atoms with Gasteiger partial charge in [0.15, 0.2) is 0 Å². The predicted octanol–water partition coefficient (Wildman–Crippen LogP) is 4.75. The third kappa shape index (κ3) is 8.55. The Balaban J connectivity index is 1.58. The highest BCUT2D eigenvalue weighted by atomic mass is 32.1. The molecule has 2 unspecified atom stereocenters. The van der Waals surface area contributed by atoms with Crippen molar-refractivity contribution in [3.63, 3.8) is 0 Å². The normalized spacial score (nSPS) is 14.1. The van der Waals surface area contributed by atoms with Gasteiger partial charge in [-0.3, -0.25) is 4.52 Å². The standard InChI is InChI=1S/C22H24F3N4O7PS/c1-33-16-4-2-3-14(11-16)7-8-34-9-10-35-19-6-5-15(12-17(19)22(23,24)25)20-27-28-21(38-20)18(26)13-36-37(31,32)29-30/h2-6,11-12,18H,7-10,13,26H2,1H3,(H,31,32). The van der Waals surface area contributed by atoms with E-state index in [0.717, 1.165) is 28.7 Å². The lowest BCUT2D eigenvalue weighted by atomic mass is 10.1. The molecule has 11 nitrogen and oxygen atoms in total. The Morgan fingerprint density at radius 2 is 1.95 bits per heavy atom. The summed E-state index contributed by atoms with van der Waals surface area (Å²) in [5.74, 6) is 0.355. The highest BCUT2D eigenvalue weighted by Gasteiger charge is 2.35. The highest BCUT2D eigenvalue weighted by molar-refractivity contribution is 7.51. The quantitative estimate of drug-likeness (QED) is 0.156. The number of benzene rings is 2. The van der Waals surface area contributed by atoms with Gasteiger partial charge in [0, 0.05) is 10.5 Å². The maximum Gasteiger partial charge on any atom is 0.487 e. The van der Waals surface area contributed by atoms with Crippen molar-refractivity contribution in [2.24, 2.45) is 10.7 Å². The number of nitroso groups, excluding NO2 is 1. The van der Waals surface area contributed by atoms with E-state index in [1.165, 1.54) is 12.1 Å². The van der Waals surface area contributed by atoms with Gasteiger partial charge < -0.3 is 24.8 Å². The van der Waals surface area contributed by atoms with Gasteiger partial charge in [-0.05, 0) is 42.3 Å². The smallest absolute Gasteiger partial charge is 0.487 e. The zero-order valence-electron chi connectivity index (χ0n) is 20.0. The molecule has 0 saturated heterocycles. The van der Waals surface area contributed by atoms with Gasteiger partial charge in [-0.15, -0.1) is 15.1 Å². The van der Waals surface area contributed by atoms with Crippen LogP contribution >= 0.6 is 19.1 Å². The van der Waals surface area contributed by atoms with E-state index in [0.29, 0.717) is 13.0 Å². The van der Waals surface area contributed by atoms with E-state index in [2.05, 4.69) is 14.7 Å². The summed E-state index contributed by atoms with van der Waals surface area (Å²) in [5, 5.41) is 7.86. The first-order valence-electron chi connectivity index (χ1n) is 11.0. The summed E-state index contributed by atoms with van der Waals surface area (Å²) in [6.45, 7) is -0.224. The summed E-state index contributed by atoms with van der Waals surface area (Å²) < 4.78 is 72.8. The van der Waals surface area contributed by atoms with Gasteiger partial charge in [0.25, 0.3) is 0 Å². The topological polar surface area (TPSA) is 155 Å². The molecule has 0 aliphatic carbocycles. The highest BCUT2D eigenvalue weighted by Crippen LogP contribution is 2.44. The molecule has 0 bridgehead atoms. The number of alkyl halides is 3. The number of nitrogens with zero attached hydrogens (tertiary/aromatic N) is 3. The van der Waals surface area contributed by atoms with Crippen molar-refractivity contribution in [1.82, 2.24) is 10.2 Å². The van der Waals surface area contributed by atoms with Crippen molar-refractivity contribution < 1.29 is 41.4 Å². The largest absolute Gasteiger partial charge is 0.497 e. The molecule has 1 heterocycles. The molecule has 3 rings (SSSR count). The SMILES string of the molecule is COc1cccc(CCOCCOc2ccc(-c3nnc(C(N)COP(=O)(O)N=O)s3)cc2C(F)(F)F)c1. The molecule has 0 saturated carbocycles. The second kappa shape index (κ2) is 13.2. The van der Waals surface area contributed by atoms with E-state index in [-0.39, 0.29) is 34.5 Å². The molecule has 0 fully saturated rings. The van der Waals surface area contributed by atoms with Crippen LogP contribution in [0, 0.1) is 4.91 Å². The van der Waals surface area contributed by atoms with Crippen LogP contribution in [0.5, 0.6) is 11.5 Å². The number of halogens is 3. The van der Waals surface area contributed by atoms with Gasteiger partial charge in [-0.25, -0.2) is 4.57 Å². The summed E-state index contributed by atoms with van der Waals surface area (Å²) in [7, 11) is -3.10. The van der Waals surface area contributed by atoms with E-state index in [1.54, 1.807) is 7.11 Å². The Hall–Kier alpha value is -2.94. The van der Waals surface area contributed by atoms with Crippen LogP contribution in [-0.2, 0) is 26.4 Å². The fourth-order valence-corrected chi connectivity index (χ4v) is 4.34. The van der Waals surface area contributed by atoms with Gasteiger partial charge in [0.05, 0.1) is 38.5 Å². The first kappa shape index (κ1) is 29.6. The molecule has 0 aliphatic heterocycles. The Morgan fingerprint density at radius 3 is 2.66 bits per heavy atom. The molecule has 1 aromatic heterocycles. The third-order valence-electron chi connectivity index (χ3n) is 4.97. The molecular weight excluding hydrogens is 552 g/mol. The molecule has 2 atom stereocenters. The van der Waals surface area contributed by atoms with E-state index in [9.17, 15) is 22.6 Å². The predicted molar refractivity (Wildman–Crippen MR) is 132 cm³/mol. The van der Waals surface area contributed by atoms with Crippen molar-refractivity contribution in [2.45, 2.75) is 18.6 Å². The lowest BCUT2D eigenvalue weighted by Gasteiger charge is -2.15. The van der Waals surface area contributed by atoms with Crippen LogP contribution < -0.4 is 15.2 Å².